The number of rotatable bonds is 13. The summed E-state index contributed by atoms with van der Waals surface area (Å²) in [5.74, 6) is 0.0215. The summed E-state index contributed by atoms with van der Waals surface area (Å²) in [6.45, 7) is 6.43. The first-order chi connectivity index (χ1) is 18.9. The van der Waals surface area contributed by atoms with Crippen molar-refractivity contribution in [3.05, 3.63) is 53.4 Å². The predicted octanol–water partition coefficient (Wildman–Crippen LogP) is 4.11. The lowest BCUT2D eigenvalue weighted by Crippen LogP contribution is -2.30. The zero-order chi connectivity index (χ0) is 27.6. The fraction of sp³-hybridized carbons (Fsp3) is 0.407. The van der Waals surface area contributed by atoms with Gasteiger partial charge in [0.25, 0.3) is 5.88 Å². The predicted molar refractivity (Wildman–Crippen MR) is 149 cm³/mol. The molecule has 0 spiro atoms. The van der Waals surface area contributed by atoms with Crippen LogP contribution < -0.4 is 20.7 Å². The first-order valence-corrected chi connectivity index (χ1v) is 13.3. The topological polar surface area (TPSA) is 114 Å². The third kappa shape index (κ3) is 8.56. The van der Waals surface area contributed by atoms with Gasteiger partial charge in [0.05, 0.1) is 18.9 Å². The highest BCUT2D eigenvalue weighted by molar-refractivity contribution is 6.30. The number of carbonyl (C=O) groups excluding carboxylic acids is 1. The minimum Gasteiger partial charge on any atom is -0.469 e. The molecule has 1 aliphatic rings. The van der Waals surface area contributed by atoms with E-state index in [1.165, 1.54) is 18.2 Å². The number of aromatic nitrogens is 3. The standard InChI is InChI=1S/C27H33ClFN7O3/c1-3-36(2)12-11-30-9-7-26(37)33-25-15-19(6-10-31-25)32-24-16-23(21-14-18(28)4-5-22(21)29)34-35-27(24)39-20-8-13-38-17-20/h4-6,10,14-16,20,30H,3,7-9,11-13,17H2,1-2H3,(H2,31,32,33,34,37)/t20-/m0/s1. The number of likely N-dealkylation sites (N-methyl/N-ethyl adjacent to an activating group) is 1. The van der Waals surface area contributed by atoms with Crippen LogP contribution in [0.4, 0.5) is 21.6 Å². The Balaban J connectivity index is 1.46. The number of nitrogens with one attached hydrogen (secondary N) is 3. The van der Waals surface area contributed by atoms with Gasteiger partial charge in [-0.2, -0.15) is 0 Å². The molecule has 0 unspecified atom stereocenters. The highest BCUT2D eigenvalue weighted by Gasteiger charge is 2.21. The fourth-order valence-corrected chi connectivity index (χ4v) is 4.01. The van der Waals surface area contributed by atoms with Crippen LogP contribution in [0, 0.1) is 5.82 Å². The molecule has 12 heteroatoms. The zero-order valence-corrected chi connectivity index (χ0v) is 22.8. The van der Waals surface area contributed by atoms with Crippen molar-refractivity contribution in [3.8, 4) is 17.1 Å². The van der Waals surface area contributed by atoms with E-state index in [4.69, 9.17) is 21.1 Å². The summed E-state index contributed by atoms with van der Waals surface area (Å²) in [5, 5.41) is 18.1. The van der Waals surface area contributed by atoms with E-state index < -0.39 is 5.82 Å². The molecule has 1 aliphatic heterocycles. The van der Waals surface area contributed by atoms with Gasteiger partial charge in [-0.1, -0.05) is 18.5 Å². The lowest BCUT2D eigenvalue weighted by atomic mass is 10.1. The highest BCUT2D eigenvalue weighted by atomic mass is 35.5. The molecule has 2 aromatic heterocycles. The summed E-state index contributed by atoms with van der Waals surface area (Å²) in [6, 6.07) is 9.33. The number of hydrogen-bond donors (Lipinski definition) is 3. The Morgan fingerprint density at radius 1 is 1.23 bits per heavy atom. The Kier molecular flexibility index (Phi) is 10.4. The maximum absolute atomic E-state index is 14.5. The third-order valence-electron chi connectivity index (χ3n) is 6.18. The molecule has 3 N–H and O–H groups in total. The summed E-state index contributed by atoms with van der Waals surface area (Å²) in [6.07, 6.45) is 2.45. The molecule has 0 aliphatic carbocycles. The molecule has 0 saturated carbocycles. The lowest BCUT2D eigenvalue weighted by Gasteiger charge is -2.16. The van der Waals surface area contributed by atoms with Gasteiger partial charge in [0.15, 0.2) is 0 Å². The van der Waals surface area contributed by atoms with Crippen molar-refractivity contribution in [2.45, 2.75) is 25.9 Å². The number of anilines is 3. The molecule has 0 radical (unpaired) electrons. The van der Waals surface area contributed by atoms with E-state index in [2.05, 4.69) is 50.0 Å². The van der Waals surface area contributed by atoms with E-state index in [1.54, 1.807) is 24.4 Å². The number of nitrogens with zero attached hydrogens (tertiary/aromatic N) is 4. The quantitative estimate of drug-likeness (QED) is 0.267. The number of carbonyl (C=O) groups is 1. The largest absolute Gasteiger partial charge is 0.469 e. The maximum atomic E-state index is 14.5. The molecule has 1 amide bonds. The molecule has 39 heavy (non-hydrogen) atoms. The van der Waals surface area contributed by atoms with Crippen molar-refractivity contribution in [2.75, 3.05) is 57.1 Å². The summed E-state index contributed by atoms with van der Waals surface area (Å²) in [4.78, 5) is 18.9. The molecular formula is C27H33ClFN7O3. The van der Waals surface area contributed by atoms with Crippen molar-refractivity contribution < 1.29 is 18.7 Å². The van der Waals surface area contributed by atoms with E-state index in [1.807, 2.05) is 0 Å². The average molecular weight is 558 g/mol. The van der Waals surface area contributed by atoms with Gasteiger partial charge in [-0.25, -0.2) is 9.37 Å². The molecule has 208 valence electrons. The molecule has 1 fully saturated rings. The second-order valence-electron chi connectivity index (χ2n) is 9.17. The van der Waals surface area contributed by atoms with Crippen molar-refractivity contribution >= 4 is 34.7 Å². The van der Waals surface area contributed by atoms with Gasteiger partial charge in [-0.15, -0.1) is 10.2 Å². The second-order valence-corrected chi connectivity index (χ2v) is 9.61. The van der Waals surface area contributed by atoms with Crippen LogP contribution in [0.25, 0.3) is 11.3 Å². The monoisotopic (exact) mass is 557 g/mol. The number of pyridine rings is 1. The van der Waals surface area contributed by atoms with Gasteiger partial charge in [0.1, 0.15) is 23.4 Å². The summed E-state index contributed by atoms with van der Waals surface area (Å²) in [7, 11) is 2.05. The molecular weight excluding hydrogens is 525 g/mol. The van der Waals surface area contributed by atoms with Crippen LogP contribution in [0.15, 0.2) is 42.6 Å². The molecule has 4 rings (SSSR count). The molecule has 1 saturated heterocycles. The number of benzene rings is 1. The van der Waals surface area contributed by atoms with Crippen LogP contribution in [-0.2, 0) is 9.53 Å². The summed E-state index contributed by atoms with van der Waals surface area (Å²) >= 11 is 6.09. The van der Waals surface area contributed by atoms with E-state index in [0.717, 1.165) is 26.1 Å². The third-order valence-corrected chi connectivity index (χ3v) is 6.41. The first-order valence-electron chi connectivity index (χ1n) is 12.9. The first kappa shape index (κ1) is 28.6. The molecule has 0 bridgehead atoms. The van der Waals surface area contributed by atoms with Crippen LogP contribution in [0.1, 0.15) is 19.8 Å². The number of halogens is 2. The van der Waals surface area contributed by atoms with Crippen LogP contribution in [0.2, 0.25) is 5.02 Å². The molecule has 3 aromatic rings. The molecule has 1 aromatic carbocycles. The van der Waals surface area contributed by atoms with Gasteiger partial charge in [0.2, 0.25) is 5.91 Å². The van der Waals surface area contributed by atoms with Gasteiger partial charge >= 0.3 is 0 Å². The Bertz CT molecular complexity index is 1260. The van der Waals surface area contributed by atoms with E-state index >= 15 is 0 Å². The second kappa shape index (κ2) is 14.1. The molecule has 10 nitrogen and oxygen atoms in total. The number of ether oxygens (including phenoxy) is 2. The Morgan fingerprint density at radius 3 is 2.90 bits per heavy atom. The van der Waals surface area contributed by atoms with E-state index in [-0.39, 0.29) is 29.1 Å². The smallest absolute Gasteiger partial charge is 0.257 e. The van der Waals surface area contributed by atoms with Gasteiger partial charge in [-0.3, -0.25) is 4.79 Å². The van der Waals surface area contributed by atoms with Crippen LogP contribution in [0.3, 0.4) is 0 Å². The summed E-state index contributed by atoms with van der Waals surface area (Å²) in [5.41, 5.74) is 1.59. The van der Waals surface area contributed by atoms with Crippen LogP contribution in [0.5, 0.6) is 5.88 Å². The Morgan fingerprint density at radius 2 is 2.10 bits per heavy atom. The molecule has 3 heterocycles. The highest BCUT2D eigenvalue weighted by Crippen LogP contribution is 2.33. The van der Waals surface area contributed by atoms with E-state index in [0.29, 0.717) is 48.4 Å². The normalized spacial score (nSPS) is 14.9. The van der Waals surface area contributed by atoms with Crippen molar-refractivity contribution in [2.24, 2.45) is 0 Å². The Labute approximate surface area is 232 Å². The van der Waals surface area contributed by atoms with Crippen LogP contribution in [-0.4, -0.2) is 78.5 Å². The minimum absolute atomic E-state index is 0.148. The number of hydrogen-bond acceptors (Lipinski definition) is 9. The number of amides is 1. The van der Waals surface area contributed by atoms with Gasteiger partial charge < -0.3 is 30.3 Å². The fourth-order valence-electron chi connectivity index (χ4n) is 3.84. The molecule has 1 atom stereocenters. The Hall–Kier alpha value is -3.38. The SMILES string of the molecule is CCN(C)CCNCCC(=O)Nc1cc(Nc2cc(-c3cc(Cl)ccc3F)nnc2O[C@H]2CCOC2)ccn1. The van der Waals surface area contributed by atoms with Crippen LogP contribution >= 0.6 is 11.6 Å². The summed E-state index contributed by atoms with van der Waals surface area (Å²) < 4.78 is 26.0. The maximum Gasteiger partial charge on any atom is 0.257 e. The lowest BCUT2D eigenvalue weighted by molar-refractivity contribution is -0.116. The zero-order valence-electron chi connectivity index (χ0n) is 22.0. The van der Waals surface area contributed by atoms with Crippen molar-refractivity contribution in [1.82, 2.24) is 25.4 Å². The average Bonchev–Trinajstić information content (AvgIpc) is 3.44. The van der Waals surface area contributed by atoms with Crippen molar-refractivity contribution in [1.29, 1.82) is 0 Å². The van der Waals surface area contributed by atoms with E-state index in [9.17, 15) is 9.18 Å². The van der Waals surface area contributed by atoms with Gasteiger partial charge in [0, 0.05) is 61.0 Å². The van der Waals surface area contributed by atoms with Crippen molar-refractivity contribution in [3.63, 3.8) is 0 Å². The van der Waals surface area contributed by atoms with Gasteiger partial charge in [-0.05, 0) is 43.9 Å². The minimum atomic E-state index is -0.474.